The van der Waals surface area contributed by atoms with Crippen molar-refractivity contribution in [2.75, 3.05) is 5.32 Å². The first-order chi connectivity index (χ1) is 6.59. The van der Waals surface area contributed by atoms with Gasteiger partial charge in [-0.2, -0.15) is 0 Å². The second kappa shape index (κ2) is 2.94. The predicted octanol–water partition coefficient (Wildman–Crippen LogP) is 1.95. The van der Waals surface area contributed by atoms with Crippen molar-refractivity contribution in [1.29, 1.82) is 0 Å². The van der Waals surface area contributed by atoms with Gasteiger partial charge in [-0.1, -0.05) is 0 Å². The fraction of sp³-hybridized carbons (Fsp3) is 0.444. The number of hydrogen-bond acceptors (Lipinski definition) is 4. The van der Waals surface area contributed by atoms with Crippen LogP contribution in [0.4, 0.5) is 11.5 Å². The highest BCUT2D eigenvalue weighted by atomic mass is 16.6. The average molecular weight is 193 g/mol. The molecule has 1 heterocycles. The Morgan fingerprint density at radius 3 is 2.71 bits per heavy atom. The summed E-state index contributed by atoms with van der Waals surface area (Å²) in [4.78, 5) is 13.6. The van der Waals surface area contributed by atoms with Gasteiger partial charge in [0.15, 0.2) is 6.20 Å². The Balaban J connectivity index is 2.10. The van der Waals surface area contributed by atoms with Crippen molar-refractivity contribution in [1.82, 2.24) is 4.98 Å². The lowest BCUT2D eigenvalue weighted by molar-refractivity contribution is -0.389. The standard InChI is InChI=1S/C9H11N3O2/c1-9(4-5-9)11-7-2-3-8(10-6-7)12(13)14/h2-3,6,11H,4-5H2,1H3. The van der Waals surface area contributed by atoms with E-state index in [1.54, 1.807) is 6.07 Å². The van der Waals surface area contributed by atoms with Crippen LogP contribution in [0.15, 0.2) is 18.3 Å². The maximum atomic E-state index is 10.3. The van der Waals surface area contributed by atoms with Gasteiger partial charge in [-0.15, -0.1) is 0 Å². The third-order valence-electron chi connectivity index (χ3n) is 2.38. The Morgan fingerprint density at radius 2 is 2.29 bits per heavy atom. The van der Waals surface area contributed by atoms with E-state index >= 15 is 0 Å². The molecule has 0 aliphatic heterocycles. The summed E-state index contributed by atoms with van der Waals surface area (Å²) in [6.07, 6.45) is 3.79. The van der Waals surface area contributed by atoms with E-state index in [2.05, 4.69) is 17.2 Å². The van der Waals surface area contributed by atoms with Gasteiger partial charge in [-0.3, -0.25) is 0 Å². The van der Waals surface area contributed by atoms with Crippen molar-refractivity contribution >= 4 is 11.5 Å². The first-order valence-electron chi connectivity index (χ1n) is 4.48. The van der Waals surface area contributed by atoms with E-state index in [0.29, 0.717) is 0 Å². The van der Waals surface area contributed by atoms with Crippen LogP contribution in [0.5, 0.6) is 0 Å². The Labute approximate surface area is 81.3 Å². The Morgan fingerprint density at radius 1 is 1.57 bits per heavy atom. The Hall–Kier alpha value is -1.65. The van der Waals surface area contributed by atoms with Crippen molar-refractivity contribution in [3.63, 3.8) is 0 Å². The van der Waals surface area contributed by atoms with Crippen LogP contribution in [-0.4, -0.2) is 15.4 Å². The maximum Gasteiger partial charge on any atom is 0.363 e. The molecule has 0 aromatic carbocycles. The van der Waals surface area contributed by atoms with Crippen molar-refractivity contribution in [3.05, 3.63) is 28.4 Å². The maximum absolute atomic E-state index is 10.3. The normalized spacial score (nSPS) is 17.5. The van der Waals surface area contributed by atoms with E-state index in [9.17, 15) is 10.1 Å². The molecule has 0 bridgehead atoms. The number of aromatic nitrogens is 1. The summed E-state index contributed by atoms with van der Waals surface area (Å²) in [6, 6.07) is 3.10. The fourth-order valence-electron chi connectivity index (χ4n) is 1.23. The third-order valence-corrected chi connectivity index (χ3v) is 2.38. The minimum atomic E-state index is -0.497. The molecule has 1 saturated carbocycles. The SMILES string of the molecule is CC1(Nc2ccc([N+](=O)[O-])nc2)CC1. The van der Waals surface area contributed by atoms with Gasteiger partial charge < -0.3 is 15.4 Å². The van der Waals surface area contributed by atoms with Crippen molar-refractivity contribution in [2.24, 2.45) is 0 Å². The number of hydrogen-bond donors (Lipinski definition) is 1. The summed E-state index contributed by atoms with van der Waals surface area (Å²) >= 11 is 0. The summed E-state index contributed by atoms with van der Waals surface area (Å²) in [5.41, 5.74) is 1.02. The van der Waals surface area contributed by atoms with Gasteiger partial charge in [0, 0.05) is 11.6 Å². The monoisotopic (exact) mass is 193 g/mol. The molecule has 0 amide bonds. The molecule has 0 saturated heterocycles. The molecular formula is C9H11N3O2. The molecule has 5 heteroatoms. The van der Waals surface area contributed by atoms with Crippen LogP contribution in [0.25, 0.3) is 0 Å². The molecule has 74 valence electrons. The quantitative estimate of drug-likeness (QED) is 0.588. The van der Waals surface area contributed by atoms with Gasteiger partial charge in [-0.25, -0.2) is 0 Å². The lowest BCUT2D eigenvalue weighted by Crippen LogP contribution is -2.15. The molecule has 0 atom stereocenters. The van der Waals surface area contributed by atoms with Crippen LogP contribution < -0.4 is 5.32 Å². The highest BCUT2D eigenvalue weighted by Gasteiger charge is 2.37. The lowest BCUT2D eigenvalue weighted by atomic mass is 10.3. The number of nitrogens with zero attached hydrogens (tertiary/aromatic N) is 2. The van der Waals surface area contributed by atoms with Gasteiger partial charge in [0.2, 0.25) is 0 Å². The second-order valence-electron chi connectivity index (χ2n) is 3.85. The Bertz CT molecular complexity index is 357. The second-order valence-corrected chi connectivity index (χ2v) is 3.85. The van der Waals surface area contributed by atoms with Crippen molar-refractivity contribution in [3.8, 4) is 0 Å². The molecular weight excluding hydrogens is 182 g/mol. The summed E-state index contributed by atoms with van der Waals surface area (Å²) in [7, 11) is 0. The molecule has 1 fully saturated rings. The minimum absolute atomic E-state index is 0.114. The number of pyridine rings is 1. The van der Waals surface area contributed by atoms with Crippen molar-refractivity contribution in [2.45, 2.75) is 25.3 Å². The molecule has 0 unspecified atom stereocenters. The van der Waals surface area contributed by atoms with Gasteiger partial charge in [-0.05, 0) is 35.7 Å². The van der Waals surface area contributed by atoms with Crippen LogP contribution in [0, 0.1) is 10.1 Å². The van der Waals surface area contributed by atoms with Gasteiger partial charge in [0.1, 0.15) is 0 Å². The summed E-state index contributed by atoms with van der Waals surface area (Å²) in [5, 5.41) is 13.6. The lowest BCUT2D eigenvalue weighted by Gasteiger charge is -2.10. The van der Waals surface area contributed by atoms with Gasteiger partial charge in [0.05, 0.1) is 5.69 Å². The van der Waals surface area contributed by atoms with E-state index in [-0.39, 0.29) is 11.4 Å². The van der Waals surface area contributed by atoms with Gasteiger partial charge >= 0.3 is 5.82 Å². The highest BCUT2D eigenvalue weighted by Crippen LogP contribution is 2.37. The predicted molar refractivity (Wildman–Crippen MR) is 52.2 cm³/mol. The van der Waals surface area contributed by atoms with Crippen molar-refractivity contribution < 1.29 is 4.92 Å². The number of nitrogens with one attached hydrogen (secondary N) is 1. The third kappa shape index (κ3) is 1.81. The van der Waals surface area contributed by atoms with Crippen LogP contribution in [0.2, 0.25) is 0 Å². The molecule has 5 nitrogen and oxygen atoms in total. The zero-order valence-electron chi connectivity index (χ0n) is 7.86. The number of rotatable bonds is 3. The minimum Gasteiger partial charge on any atom is -0.377 e. The van der Waals surface area contributed by atoms with Gasteiger partial charge in [0.25, 0.3) is 0 Å². The molecule has 14 heavy (non-hydrogen) atoms. The first-order valence-corrected chi connectivity index (χ1v) is 4.48. The van der Waals surface area contributed by atoms with Crippen LogP contribution in [0.1, 0.15) is 19.8 Å². The molecule has 0 radical (unpaired) electrons. The van der Waals surface area contributed by atoms with E-state index in [0.717, 1.165) is 18.5 Å². The molecule has 0 spiro atoms. The molecule has 1 aliphatic rings. The van der Waals surface area contributed by atoms with E-state index in [4.69, 9.17) is 0 Å². The average Bonchev–Trinajstić information content (AvgIpc) is 2.84. The van der Waals surface area contributed by atoms with Crippen LogP contribution in [0.3, 0.4) is 0 Å². The molecule has 1 aromatic heterocycles. The Kier molecular flexibility index (Phi) is 1.87. The summed E-state index contributed by atoms with van der Waals surface area (Å²) in [6.45, 7) is 2.12. The molecule has 2 rings (SSSR count). The van der Waals surface area contributed by atoms with Crippen LogP contribution >= 0.6 is 0 Å². The summed E-state index contributed by atoms with van der Waals surface area (Å²) in [5.74, 6) is -0.114. The van der Waals surface area contributed by atoms with Crippen LogP contribution in [-0.2, 0) is 0 Å². The first kappa shape index (κ1) is 8.93. The molecule has 1 N–H and O–H groups in total. The topological polar surface area (TPSA) is 68.1 Å². The molecule has 1 aromatic rings. The van der Waals surface area contributed by atoms with E-state index < -0.39 is 4.92 Å². The smallest absolute Gasteiger partial charge is 0.363 e. The highest BCUT2D eigenvalue weighted by molar-refractivity contribution is 5.47. The molecule has 1 aliphatic carbocycles. The zero-order valence-corrected chi connectivity index (χ0v) is 7.86. The fourth-order valence-corrected chi connectivity index (χ4v) is 1.23. The number of anilines is 1. The summed E-state index contributed by atoms with van der Waals surface area (Å²) < 4.78 is 0. The number of nitro groups is 1. The zero-order chi connectivity index (χ0) is 10.2. The largest absolute Gasteiger partial charge is 0.377 e. The van der Waals surface area contributed by atoms with E-state index in [1.807, 2.05) is 0 Å². The van der Waals surface area contributed by atoms with E-state index in [1.165, 1.54) is 12.3 Å².